The van der Waals surface area contributed by atoms with Crippen molar-refractivity contribution >= 4 is 51.7 Å². The Morgan fingerprint density at radius 1 is 1.14 bits per heavy atom. The second-order valence-corrected chi connectivity index (χ2v) is 6.81. The molecule has 0 aliphatic carbocycles. The number of hydrogen-bond donors (Lipinski definition) is 0. The molecular formula is C16H14Cl2INO. The summed E-state index contributed by atoms with van der Waals surface area (Å²) < 4.78 is 0.882. The molecule has 0 saturated heterocycles. The molecule has 0 N–H and O–H groups in total. The monoisotopic (exact) mass is 433 g/mol. The van der Waals surface area contributed by atoms with Crippen LogP contribution in [-0.2, 0) is 0 Å². The van der Waals surface area contributed by atoms with Crippen LogP contribution in [0.15, 0.2) is 42.5 Å². The number of nitrogens with zero attached hydrogens (tertiary/aromatic N) is 1. The van der Waals surface area contributed by atoms with E-state index in [9.17, 15) is 4.79 Å². The molecule has 0 spiro atoms. The lowest BCUT2D eigenvalue weighted by Gasteiger charge is -2.26. The topological polar surface area (TPSA) is 20.3 Å². The fourth-order valence-corrected chi connectivity index (χ4v) is 2.95. The zero-order chi connectivity index (χ0) is 15.6. The van der Waals surface area contributed by atoms with Crippen LogP contribution in [0.4, 0.5) is 0 Å². The predicted molar refractivity (Wildman–Crippen MR) is 96.1 cm³/mol. The molecule has 0 bridgehead atoms. The summed E-state index contributed by atoms with van der Waals surface area (Å²) in [5.41, 5.74) is 1.61. The number of hydrogen-bond acceptors (Lipinski definition) is 1. The Morgan fingerprint density at radius 2 is 1.81 bits per heavy atom. The van der Waals surface area contributed by atoms with Gasteiger partial charge in [-0.2, -0.15) is 0 Å². The Bertz CT molecular complexity index is 675. The molecule has 0 saturated carbocycles. The molecular weight excluding hydrogens is 420 g/mol. The van der Waals surface area contributed by atoms with E-state index in [1.165, 1.54) is 0 Å². The molecule has 0 radical (unpaired) electrons. The first-order valence-electron chi connectivity index (χ1n) is 6.38. The van der Waals surface area contributed by atoms with E-state index in [2.05, 4.69) is 22.6 Å². The maximum Gasteiger partial charge on any atom is 0.255 e. The molecule has 0 fully saturated rings. The Balaban J connectivity index is 2.28. The van der Waals surface area contributed by atoms with Crippen molar-refractivity contribution in [1.29, 1.82) is 0 Å². The van der Waals surface area contributed by atoms with Crippen molar-refractivity contribution in [2.75, 3.05) is 7.05 Å². The van der Waals surface area contributed by atoms with Gasteiger partial charge in [0, 0.05) is 20.7 Å². The lowest BCUT2D eigenvalue weighted by Crippen LogP contribution is -2.30. The van der Waals surface area contributed by atoms with Crippen LogP contribution in [0.1, 0.15) is 28.9 Å². The second-order valence-electron chi connectivity index (χ2n) is 4.77. The van der Waals surface area contributed by atoms with Gasteiger partial charge in [0.1, 0.15) is 0 Å². The third kappa shape index (κ3) is 3.90. The van der Waals surface area contributed by atoms with Gasteiger partial charge in [-0.15, -0.1) is 0 Å². The van der Waals surface area contributed by atoms with Crippen molar-refractivity contribution in [3.63, 3.8) is 0 Å². The van der Waals surface area contributed by atoms with E-state index in [0.29, 0.717) is 15.6 Å². The van der Waals surface area contributed by atoms with Gasteiger partial charge >= 0.3 is 0 Å². The van der Waals surface area contributed by atoms with Gasteiger partial charge in [0.25, 0.3) is 5.91 Å². The molecule has 0 aliphatic heterocycles. The van der Waals surface area contributed by atoms with Crippen LogP contribution in [0, 0.1) is 3.57 Å². The summed E-state index contributed by atoms with van der Waals surface area (Å²) in [6.07, 6.45) is 0. The SMILES string of the molecule is CC(c1cccc(Cl)c1)N(C)C(=O)c1cc(Cl)ccc1I. The lowest BCUT2D eigenvalue weighted by molar-refractivity contribution is 0.0741. The van der Waals surface area contributed by atoms with Crippen molar-refractivity contribution in [3.8, 4) is 0 Å². The molecule has 0 heterocycles. The van der Waals surface area contributed by atoms with Crippen LogP contribution in [0.2, 0.25) is 10.0 Å². The van der Waals surface area contributed by atoms with Crippen LogP contribution in [0.25, 0.3) is 0 Å². The number of rotatable bonds is 3. The highest BCUT2D eigenvalue weighted by molar-refractivity contribution is 14.1. The van der Waals surface area contributed by atoms with Gasteiger partial charge in [-0.1, -0.05) is 35.3 Å². The van der Waals surface area contributed by atoms with Crippen LogP contribution in [0.5, 0.6) is 0 Å². The van der Waals surface area contributed by atoms with E-state index in [0.717, 1.165) is 9.13 Å². The molecule has 0 aliphatic rings. The van der Waals surface area contributed by atoms with E-state index in [4.69, 9.17) is 23.2 Å². The summed E-state index contributed by atoms with van der Waals surface area (Å²) in [5.74, 6) is -0.0608. The zero-order valence-electron chi connectivity index (χ0n) is 11.6. The fourth-order valence-electron chi connectivity index (χ4n) is 2.02. The van der Waals surface area contributed by atoms with Gasteiger partial charge in [-0.05, 0) is 65.4 Å². The molecule has 2 rings (SSSR count). The summed E-state index contributed by atoms with van der Waals surface area (Å²) >= 11 is 14.1. The van der Waals surface area contributed by atoms with E-state index < -0.39 is 0 Å². The standard InChI is InChI=1S/C16H14Cl2INO/c1-10(11-4-3-5-12(17)8-11)20(2)16(21)14-9-13(18)6-7-15(14)19/h3-10H,1-2H3. The van der Waals surface area contributed by atoms with Crippen LogP contribution < -0.4 is 0 Å². The van der Waals surface area contributed by atoms with Gasteiger partial charge in [-0.3, -0.25) is 4.79 Å². The minimum atomic E-state index is -0.0778. The number of carbonyl (C=O) groups excluding carboxylic acids is 1. The van der Waals surface area contributed by atoms with Crippen LogP contribution in [-0.4, -0.2) is 17.9 Å². The van der Waals surface area contributed by atoms with E-state index in [1.807, 2.05) is 37.3 Å². The number of benzene rings is 2. The Hall–Kier alpha value is -0.780. The summed E-state index contributed by atoms with van der Waals surface area (Å²) in [6.45, 7) is 1.97. The molecule has 21 heavy (non-hydrogen) atoms. The first-order chi connectivity index (χ1) is 9.90. The number of halogens is 3. The summed E-state index contributed by atoms with van der Waals surface area (Å²) in [6, 6.07) is 12.8. The van der Waals surface area contributed by atoms with E-state index in [1.54, 1.807) is 24.1 Å². The van der Waals surface area contributed by atoms with Gasteiger partial charge < -0.3 is 4.90 Å². The summed E-state index contributed by atoms with van der Waals surface area (Å²) in [4.78, 5) is 14.3. The number of amides is 1. The highest BCUT2D eigenvalue weighted by Crippen LogP contribution is 2.25. The average molecular weight is 434 g/mol. The lowest BCUT2D eigenvalue weighted by atomic mass is 10.1. The van der Waals surface area contributed by atoms with Crippen LogP contribution in [0.3, 0.4) is 0 Å². The molecule has 1 amide bonds. The average Bonchev–Trinajstić information content (AvgIpc) is 2.47. The van der Waals surface area contributed by atoms with Gasteiger partial charge in [0.05, 0.1) is 11.6 Å². The highest BCUT2D eigenvalue weighted by atomic mass is 127. The minimum absolute atomic E-state index is 0.0608. The molecule has 0 aromatic heterocycles. The van der Waals surface area contributed by atoms with Crippen molar-refractivity contribution in [2.45, 2.75) is 13.0 Å². The van der Waals surface area contributed by atoms with Crippen LogP contribution >= 0.6 is 45.8 Å². The Kier molecular flexibility index (Phi) is 5.52. The van der Waals surface area contributed by atoms with Crippen molar-refractivity contribution in [1.82, 2.24) is 4.90 Å². The summed E-state index contributed by atoms with van der Waals surface area (Å²) in [7, 11) is 1.78. The largest absolute Gasteiger partial charge is 0.335 e. The minimum Gasteiger partial charge on any atom is -0.335 e. The first-order valence-corrected chi connectivity index (χ1v) is 8.21. The third-order valence-corrected chi connectivity index (χ3v) is 4.80. The molecule has 110 valence electrons. The highest BCUT2D eigenvalue weighted by Gasteiger charge is 2.21. The maximum absolute atomic E-state index is 12.6. The molecule has 2 aromatic carbocycles. The fraction of sp³-hybridized carbons (Fsp3) is 0.188. The third-order valence-electron chi connectivity index (χ3n) is 3.39. The molecule has 1 atom stereocenters. The summed E-state index contributed by atoms with van der Waals surface area (Å²) in [5, 5.41) is 1.22. The van der Waals surface area contributed by atoms with Crippen molar-refractivity contribution in [2.24, 2.45) is 0 Å². The number of carbonyl (C=O) groups is 1. The van der Waals surface area contributed by atoms with Gasteiger partial charge in [0.15, 0.2) is 0 Å². The maximum atomic E-state index is 12.6. The quantitative estimate of drug-likeness (QED) is 0.591. The van der Waals surface area contributed by atoms with Gasteiger partial charge in [-0.25, -0.2) is 0 Å². The van der Waals surface area contributed by atoms with E-state index >= 15 is 0 Å². The predicted octanol–water partition coefficient (Wildman–Crippen LogP) is 5.43. The second kappa shape index (κ2) is 6.99. The molecule has 1 unspecified atom stereocenters. The Labute approximate surface area is 148 Å². The smallest absolute Gasteiger partial charge is 0.255 e. The normalized spacial score (nSPS) is 12.0. The van der Waals surface area contributed by atoms with Crippen molar-refractivity contribution in [3.05, 3.63) is 67.2 Å². The Morgan fingerprint density at radius 3 is 2.48 bits per heavy atom. The van der Waals surface area contributed by atoms with Gasteiger partial charge in [0.2, 0.25) is 0 Å². The molecule has 2 nitrogen and oxygen atoms in total. The first kappa shape index (κ1) is 16.6. The molecule has 2 aromatic rings. The molecule has 5 heteroatoms. The van der Waals surface area contributed by atoms with E-state index in [-0.39, 0.29) is 11.9 Å². The zero-order valence-corrected chi connectivity index (χ0v) is 15.3. The van der Waals surface area contributed by atoms with Crippen molar-refractivity contribution < 1.29 is 4.79 Å².